The molecule has 0 aliphatic rings. The zero-order valence-corrected chi connectivity index (χ0v) is 10.5. The maximum atomic E-state index is 10.8. The molecule has 20 heavy (non-hydrogen) atoms. The first-order chi connectivity index (χ1) is 9.47. The number of hydrogen-bond acceptors (Lipinski definition) is 6. The molecule has 0 amide bonds. The van der Waals surface area contributed by atoms with Crippen LogP contribution in [0.3, 0.4) is 0 Å². The van der Waals surface area contributed by atoms with E-state index in [-0.39, 0.29) is 34.5 Å². The third-order valence-corrected chi connectivity index (χ3v) is 2.50. The van der Waals surface area contributed by atoms with Crippen molar-refractivity contribution in [3.63, 3.8) is 0 Å². The van der Waals surface area contributed by atoms with Gasteiger partial charge in [-0.25, -0.2) is 4.79 Å². The van der Waals surface area contributed by atoms with Crippen LogP contribution in [-0.2, 0) is 6.61 Å². The first-order valence-electron chi connectivity index (χ1n) is 5.23. The minimum absolute atomic E-state index is 0.0456. The van der Waals surface area contributed by atoms with Crippen LogP contribution in [0.2, 0.25) is 5.02 Å². The minimum Gasteiger partial charge on any atom is -0.478 e. The van der Waals surface area contributed by atoms with Crippen molar-refractivity contribution in [3.05, 3.63) is 50.9 Å². The summed E-state index contributed by atoms with van der Waals surface area (Å²) in [6, 6.07) is 5.02. The number of aromatic carboxylic acids is 1. The second-order valence-corrected chi connectivity index (χ2v) is 4.08. The van der Waals surface area contributed by atoms with Gasteiger partial charge >= 0.3 is 11.7 Å². The molecule has 104 valence electrons. The largest absolute Gasteiger partial charge is 0.478 e. The van der Waals surface area contributed by atoms with Crippen molar-refractivity contribution in [1.82, 2.24) is 5.16 Å². The van der Waals surface area contributed by atoms with Gasteiger partial charge in [0.05, 0.1) is 4.92 Å². The van der Waals surface area contributed by atoms with Crippen molar-refractivity contribution in [2.75, 3.05) is 0 Å². The van der Waals surface area contributed by atoms with Gasteiger partial charge in [0.2, 0.25) is 0 Å². The van der Waals surface area contributed by atoms with E-state index in [9.17, 15) is 14.9 Å². The van der Waals surface area contributed by atoms with Crippen molar-refractivity contribution in [2.24, 2.45) is 0 Å². The molecule has 1 N–H and O–H groups in total. The van der Waals surface area contributed by atoms with E-state index in [1.165, 1.54) is 24.3 Å². The van der Waals surface area contributed by atoms with E-state index in [0.29, 0.717) is 0 Å². The number of rotatable bonds is 5. The van der Waals surface area contributed by atoms with Crippen LogP contribution >= 0.6 is 11.6 Å². The molecule has 0 unspecified atom stereocenters. The summed E-state index contributed by atoms with van der Waals surface area (Å²) in [5.41, 5.74) is -0.531. The number of aromatic nitrogens is 1. The van der Waals surface area contributed by atoms with Gasteiger partial charge < -0.3 is 14.4 Å². The van der Waals surface area contributed by atoms with Crippen molar-refractivity contribution in [3.8, 4) is 5.75 Å². The van der Waals surface area contributed by atoms with Gasteiger partial charge in [0.25, 0.3) is 0 Å². The first-order valence-corrected chi connectivity index (χ1v) is 5.61. The average Bonchev–Trinajstić information content (AvgIpc) is 2.85. The van der Waals surface area contributed by atoms with E-state index >= 15 is 0 Å². The molecule has 0 radical (unpaired) electrons. The fraction of sp³-hybridized carbons (Fsp3) is 0.0909. The highest BCUT2D eigenvalue weighted by Gasteiger charge is 2.17. The summed E-state index contributed by atoms with van der Waals surface area (Å²) >= 11 is 5.73. The molecule has 2 rings (SSSR count). The van der Waals surface area contributed by atoms with Gasteiger partial charge in [0, 0.05) is 23.2 Å². The highest BCUT2D eigenvalue weighted by atomic mass is 35.5. The molecule has 2 aromatic rings. The standard InChI is InChI=1S/C11H7ClN2O6/c12-6-1-2-9(14(17)18)10(3-6)19-5-7-4-8(11(15)16)13-20-7/h1-4H,5H2,(H,15,16). The number of carboxylic acids is 1. The Kier molecular flexibility index (Phi) is 3.85. The highest BCUT2D eigenvalue weighted by Crippen LogP contribution is 2.30. The number of carbonyl (C=O) groups is 1. The zero-order chi connectivity index (χ0) is 14.7. The molecule has 1 heterocycles. The average molecular weight is 299 g/mol. The third kappa shape index (κ3) is 3.04. The summed E-state index contributed by atoms with van der Waals surface area (Å²) in [4.78, 5) is 20.8. The molecule has 8 nitrogen and oxygen atoms in total. The summed E-state index contributed by atoms with van der Waals surface area (Å²) in [6.07, 6.45) is 0. The molecule has 9 heteroatoms. The Balaban J connectivity index is 2.15. The van der Waals surface area contributed by atoms with Gasteiger partial charge in [-0.15, -0.1) is 0 Å². The van der Waals surface area contributed by atoms with Crippen molar-refractivity contribution >= 4 is 23.3 Å². The fourth-order valence-corrected chi connectivity index (χ4v) is 1.55. The molecule has 0 aliphatic heterocycles. The Bertz CT molecular complexity index is 669. The van der Waals surface area contributed by atoms with Gasteiger partial charge in [-0.2, -0.15) is 0 Å². The van der Waals surface area contributed by atoms with Gasteiger partial charge in [-0.1, -0.05) is 16.8 Å². The topological polar surface area (TPSA) is 116 Å². The van der Waals surface area contributed by atoms with Crippen LogP contribution < -0.4 is 4.74 Å². The van der Waals surface area contributed by atoms with E-state index in [2.05, 4.69) is 5.16 Å². The van der Waals surface area contributed by atoms with E-state index in [1.54, 1.807) is 0 Å². The lowest BCUT2D eigenvalue weighted by molar-refractivity contribution is -0.386. The lowest BCUT2D eigenvalue weighted by atomic mass is 10.3. The van der Waals surface area contributed by atoms with Crippen LogP contribution in [-0.4, -0.2) is 21.2 Å². The lowest BCUT2D eigenvalue weighted by Gasteiger charge is -2.04. The molecular weight excluding hydrogens is 292 g/mol. The molecule has 1 aromatic heterocycles. The van der Waals surface area contributed by atoms with E-state index < -0.39 is 10.9 Å². The van der Waals surface area contributed by atoms with Crippen LogP contribution in [0.1, 0.15) is 16.2 Å². The normalized spacial score (nSPS) is 10.2. The van der Waals surface area contributed by atoms with Crippen molar-refractivity contribution in [2.45, 2.75) is 6.61 Å². The molecule has 0 saturated heterocycles. The van der Waals surface area contributed by atoms with Gasteiger partial charge in [0.15, 0.2) is 17.2 Å². The molecule has 0 atom stereocenters. The van der Waals surface area contributed by atoms with E-state index in [0.717, 1.165) is 0 Å². The fourth-order valence-electron chi connectivity index (χ4n) is 1.39. The van der Waals surface area contributed by atoms with Crippen molar-refractivity contribution in [1.29, 1.82) is 0 Å². The monoisotopic (exact) mass is 298 g/mol. The molecule has 0 spiro atoms. The second-order valence-electron chi connectivity index (χ2n) is 3.64. The molecule has 0 saturated carbocycles. The number of hydrogen-bond donors (Lipinski definition) is 1. The summed E-state index contributed by atoms with van der Waals surface area (Å²) in [5.74, 6) is -1.17. The maximum absolute atomic E-state index is 10.8. The second kappa shape index (κ2) is 5.57. The summed E-state index contributed by atoms with van der Waals surface area (Å²) in [7, 11) is 0. The number of ether oxygens (including phenoxy) is 1. The Morgan fingerprint density at radius 1 is 1.50 bits per heavy atom. The zero-order valence-electron chi connectivity index (χ0n) is 9.78. The predicted octanol–water partition coefficient (Wildman–Crippen LogP) is 2.51. The van der Waals surface area contributed by atoms with Crippen LogP contribution in [0.5, 0.6) is 5.75 Å². The molecule has 1 aromatic carbocycles. The number of halogens is 1. The number of nitro groups is 1. The quantitative estimate of drug-likeness (QED) is 0.665. The van der Waals surface area contributed by atoms with E-state index in [1.807, 2.05) is 0 Å². The van der Waals surface area contributed by atoms with Crippen molar-refractivity contribution < 1.29 is 24.1 Å². The Labute approximate surface area is 116 Å². The minimum atomic E-state index is -1.24. The first kappa shape index (κ1) is 13.8. The summed E-state index contributed by atoms with van der Waals surface area (Å²) in [5, 5.41) is 23.0. The third-order valence-electron chi connectivity index (χ3n) is 2.27. The Morgan fingerprint density at radius 2 is 2.25 bits per heavy atom. The number of nitrogens with zero attached hydrogens (tertiary/aromatic N) is 2. The number of nitro benzene ring substituents is 1. The highest BCUT2D eigenvalue weighted by molar-refractivity contribution is 6.30. The predicted molar refractivity (Wildman–Crippen MR) is 65.9 cm³/mol. The number of benzene rings is 1. The van der Waals surface area contributed by atoms with Crippen LogP contribution in [0, 0.1) is 10.1 Å². The molecule has 0 fully saturated rings. The van der Waals surface area contributed by atoms with E-state index in [4.69, 9.17) is 26.0 Å². The van der Waals surface area contributed by atoms with Gasteiger partial charge in [0.1, 0.15) is 6.61 Å². The molecular formula is C11H7ClN2O6. The lowest BCUT2D eigenvalue weighted by Crippen LogP contribution is -1.98. The molecule has 0 bridgehead atoms. The van der Waals surface area contributed by atoms with Gasteiger partial charge in [-0.05, 0) is 6.07 Å². The Morgan fingerprint density at radius 3 is 2.85 bits per heavy atom. The van der Waals surface area contributed by atoms with Crippen LogP contribution in [0.25, 0.3) is 0 Å². The van der Waals surface area contributed by atoms with Gasteiger partial charge in [-0.3, -0.25) is 10.1 Å². The van der Waals surface area contributed by atoms with Crippen LogP contribution in [0.15, 0.2) is 28.8 Å². The SMILES string of the molecule is O=C(O)c1cc(COc2cc(Cl)ccc2[N+](=O)[O-])on1. The Hall–Kier alpha value is -2.61. The van der Waals surface area contributed by atoms with Crippen LogP contribution in [0.4, 0.5) is 5.69 Å². The number of carboxylic acid groups (broad SMARTS) is 1. The smallest absolute Gasteiger partial charge is 0.358 e. The summed E-state index contributed by atoms with van der Waals surface area (Å²) in [6.45, 7) is -0.207. The maximum Gasteiger partial charge on any atom is 0.358 e. The summed E-state index contributed by atoms with van der Waals surface area (Å²) < 4.78 is 9.93. The molecule has 0 aliphatic carbocycles.